The van der Waals surface area contributed by atoms with Crippen molar-refractivity contribution in [2.45, 2.75) is 131 Å². The van der Waals surface area contributed by atoms with Crippen LogP contribution >= 0.6 is 0 Å². The Bertz CT molecular complexity index is 420. The number of nitro groups is 1. The zero-order chi connectivity index (χ0) is 33.1. The van der Waals surface area contributed by atoms with Gasteiger partial charge in [0.2, 0.25) is 5.92 Å². The highest BCUT2D eigenvalue weighted by Crippen LogP contribution is 2.08. The van der Waals surface area contributed by atoms with Crippen LogP contribution in [0.4, 0.5) is 8.78 Å². The summed E-state index contributed by atoms with van der Waals surface area (Å²) in [5, 5.41) is 8.81. The number of hydrogen-bond acceptors (Lipinski definition) is 3. The van der Waals surface area contributed by atoms with Crippen LogP contribution in [0.3, 0.4) is 0 Å². The summed E-state index contributed by atoms with van der Waals surface area (Å²) in [5.74, 6) is -0.250. The van der Waals surface area contributed by atoms with Crippen LogP contribution in [-0.2, 0) is 4.74 Å². The number of halogens is 2. The smallest absolute Gasteiger partial charge is 0.242 e. The molecule has 37 heavy (non-hydrogen) atoms. The van der Waals surface area contributed by atoms with Crippen LogP contribution in [0, 0.1) is 34.8 Å². The lowest BCUT2D eigenvalue weighted by Crippen LogP contribution is -1.98. The van der Waals surface area contributed by atoms with Crippen molar-refractivity contribution < 1.29 is 18.4 Å². The van der Waals surface area contributed by atoms with Gasteiger partial charge >= 0.3 is 0 Å². The van der Waals surface area contributed by atoms with Gasteiger partial charge in [0.1, 0.15) is 0 Å². The van der Waals surface area contributed by atoms with Crippen molar-refractivity contribution in [1.82, 2.24) is 0 Å². The maximum atomic E-state index is 11.0. The van der Waals surface area contributed by atoms with E-state index in [-0.39, 0.29) is 0 Å². The van der Waals surface area contributed by atoms with Crippen molar-refractivity contribution in [3.8, 4) is 12.3 Å². The van der Waals surface area contributed by atoms with Gasteiger partial charge < -0.3 is 4.74 Å². The third-order valence-electron chi connectivity index (χ3n) is 0.940. The number of ether oxygens (including phenoxy) is 1. The van der Waals surface area contributed by atoms with E-state index >= 15 is 0 Å². The van der Waals surface area contributed by atoms with Crippen LogP contribution in [-0.4, -0.2) is 32.1 Å². The molecule has 0 aliphatic carbocycles. The standard InChI is InChI=1S/C7H8.C5H12.C3H6F2.C3H4.C2H6O.5C2H6.CH3NO2/c1-7-5-3-2-4-6-7;1-5(2,3)4;1-3(2,4)5;2*1-3-2;5*1-2;1-2(3)4/h2-6H,1H3;1-4H3;1-2H3;1H,2H3;1-2H3;5*1-2H3;1H3. The van der Waals surface area contributed by atoms with E-state index < -0.39 is 10.8 Å². The number of alkyl halides is 2. The third-order valence-corrected chi connectivity index (χ3v) is 0.940. The summed E-state index contributed by atoms with van der Waals surface area (Å²) in [6.07, 6.45) is 4.60. The third kappa shape index (κ3) is 967. The topological polar surface area (TPSA) is 52.4 Å². The molecule has 0 aliphatic heterocycles. The van der Waals surface area contributed by atoms with E-state index in [4.69, 9.17) is 10.1 Å². The van der Waals surface area contributed by atoms with Crippen molar-refractivity contribution in [1.29, 1.82) is 0 Å². The second-order valence-corrected chi connectivity index (χ2v) is 7.12. The number of hydrogen-bond donors (Lipinski definition) is 0. The highest BCUT2D eigenvalue weighted by atomic mass is 19.3. The molecule has 6 heteroatoms. The van der Waals surface area contributed by atoms with E-state index in [2.05, 4.69) is 63.8 Å². The molecule has 0 amide bonds. The second kappa shape index (κ2) is 70.0. The van der Waals surface area contributed by atoms with Crippen molar-refractivity contribution >= 4 is 0 Å². The zero-order valence-corrected chi connectivity index (χ0v) is 28.9. The minimum Gasteiger partial charge on any atom is -0.388 e. The molecule has 0 radical (unpaired) electrons. The fraction of sp³-hybridized carbons (Fsp3) is 0.742. The van der Waals surface area contributed by atoms with Gasteiger partial charge in [-0.25, -0.2) is 8.78 Å². The summed E-state index contributed by atoms with van der Waals surface area (Å²) in [4.78, 5) is 8.31. The number of aryl methyl sites for hydroxylation is 1. The molecule has 1 aromatic rings. The summed E-state index contributed by atoms with van der Waals surface area (Å²) in [7, 11) is 4.14. The molecule has 0 bridgehead atoms. The van der Waals surface area contributed by atoms with E-state index in [0.29, 0.717) is 5.41 Å². The van der Waals surface area contributed by atoms with Gasteiger partial charge in [0.05, 0.1) is 0 Å². The first-order valence-electron chi connectivity index (χ1n) is 13.2. The van der Waals surface area contributed by atoms with Gasteiger partial charge in [-0.3, -0.25) is 10.1 Å². The van der Waals surface area contributed by atoms with E-state index in [1.807, 2.05) is 87.4 Å². The van der Waals surface area contributed by atoms with Crippen LogP contribution in [0.1, 0.15) is 123 Å². The van der Waals surface area contributed by atoms with E-state index in [1.165, 1.54) is 5.56 Å². The fourth-order valence-electron chi connectivity index (χ4n) is 0.534. The molecule has 0 aromatic heterocycles. The Balaban J connectivity index is -0.0000000282. The van der Waals surface area contributed by atoms with Crippen LogP contribution < -0.4 is 0 Å². The molecule has 0 N–H and O–H groups in total. The number of rotatable bonds is 0. The highest BCUT2D eigenvalue weighted by Gasteiger charge is 2.08. The molecule has 0 fully saturated rings. The molecule has 0 saturated heterocycles. The Hall–Kier alpha value is -2.00. The monoisotopic (exact) mass is 542 g/mol. The van der Waals surface area contributed by atoms with Gasteiger partial charge in [0.25, 0.3) is 0 Å². The van der Waals surface area contributed by atoms with E-state index in [1.54, 1.807) is 21.1 Å². The number of terminal acetylenes is 1. The Kier molecular flexibility index (Phi) is 122. The normalized spacial score (nSPS) is 7.08. The molecule has 0 aliphatic rings. The molecule has 0 unspecified atom stereocenters. The Labute approximate surface area is 234 Å². The molecule has 230 valence electrons. The first-order chi connectivity index (χ1) is 17.0. The van der Waals surface area contributed by atoms with Crippen molar-refractivity contribution in [3.05, 3.63) is 46.0 Å². The average Bonchev–Trinajstić information content (AvgIpc) is 2.80. The maximum absolute atomic E-state index is 11.0. The highest BCUT2D eigenvalue weighted by molar-refractivity contribution is 5.11. The van der Waals surface area contributed by atoms with Crippen molar-refractivity contribution in [3.63, 3.8) is 0 Å². The van der Waals surface area contributed by atoms with Crippen LogP contribution in [0.2, 0.25) is 0 Å². The van der Waals surface area contributed by atoms with Crippen molar-refractivity contribution in [2.24, 2.45) is 5.41 Å². The minimum atomic E-state index is -2.50. The largest absolute Gasteiger partial charge is 0.388 e. The number of methoxy groups -OCH3 is 1. The summed E-state index contributed by atoms with van der Waals surface area (Å²) < 4.78 is 26.3. The van der Waals surface area contributed by atoms with Crippen LogP contribution in [0.25, 0.3) is 0 Å². The zero-order valence-electron chi connectivity index (χ0n) is 28.9. The van der Waals surface area contributed by atoms with Crippen LogP contribution in [0.15, 0.2) is 30.3 Å². The first kappa shape index (κ1) is 64.7. The van der Waals surface area contributed by atoms with E-state index in [9.17, 15) is 8.78 Å². The fourth-order valence-corrected chi connectivity index (χ4v) is 0.534. The lowest BCUT2D eigenvalue weighted by Gasteiger charge is -2.05. The predicted molar refractivity (Wildman–Crippen MR) is 170 cm³/mol. The molecule has 0 spiro atoms. The molecule has 0 atom stereocenters. The second-order valence-electron chi connectivity index (χ2n) is 7.12. The quantitative estimate of drug-likeness (QED) is 0.186. The number of benzene rings is 1. The molecule has 1 rings (SSSR count). The minimum absolute atomic E-state index is 0.500. The molecule has 1 aromatic carbocycles. The summed E-state index contributed by atoms with van der Waals surface area (Å²) in [5.41, 5.74) is 1.82. The van der Waals surface area contributed by atoms with Gasteiger partial charge in [0.15, 0.2) is 7.05 Å². The molecular formula is C31H69F2NO3. The maximum Gasteiger partial charge on any atom is 0.242 e. The predicted octanol–water partition coefficient (Wildman–Crippen LogP) is 11.6. The van der Waals surface area contributed by atoms with E-state index in [0.717, 1.165) is 20.9 Å². The number of nitrogens with zero attached hydrogens (tertiary/aromatic N) is 1. The van der Waals surface area contributed by atoms with Gasteiger partial charge in [-0.05, 0) is 33.1 Å². The molecular weight excluding hydrogens is 472 g/mol. The Morgan fingerprint density at radius 3 is 0.946 bits per heavy atom. The summed E-state index contributed by atoms with van der Waals surface area (Å²) >= 11 is 0. The summed E-state index contributed by atoms with van der Waals surface area (Å²) in [6, 6.07) is 10.3. The lowest BCUT2D eigenvalue weighted by molar-refractivity contribution is -0.445. The lowest BCUT2D eigenvalue weighted by atomic mass is 10.0. The van der Waals surface area contributed by atoms with Gasteiger partial charge in [-0.2, -0.15) is 0 Å². The van der Waals surface area contributed by atoms with Crippen molar-refractivity contribution in [2.75, 3.05) is 21.3 Å². The van der Waals surface area contributed by atoms with Gasteiger partial charge in [0, 0.05) is 19.1 Å². The summed E-state index contributed by atoms with van der Waals surface area (Å²) in [6.45, 7) is 34.2. The molecule has 0 heterocycles. The molecule has 0 saturated carbocycles. The van der Waals surface area contributed by atoms with Crippen LogP contribution in [0.5, 0.6) is 0 Å². The molecule has 4 nitrogen and oxygen atoms in total. The van der Waals surface area contributed by atoms with Gasteiger partial charge in [-0.15, -0.1) is 12.3 Å². The van der Waals surface area contributed by atoms with Gasteiger partial charge in [-0.1, -0.05) is 133 Å². The SMILES string of the molecule is C#CC.CC.CC.CC.CC.CC.CC(C)(C)C.CC(C)(F)F.COC.C[N+](=O)[O-].Cc1ccccc1. The Morgan fingerprint density at radius 2 is 0.892 bits per heavy atom. The average molecular weight is 542 g/mol. The first-order valence-corrected chi connectivity index (χ1v) is 13.2. The Morgan fingerprint density at radius 1 is 0.784 bits per heavy atom.